The standard InChI is InChI=1S/C24H15ClN2/c25-20-8-4-7-19(15-20)22-14-12-18-10-9-17-11-13-21(16-5-2-1-3-6-16)26-23(17)24(18)27-22/h1-15H. The van der Waals surface area contributed by atoms with Crippen molar-refractivity contribution >= 4 is 33.4 Å². The summed E-state index contributed by atoms with van der Waals surface area (Å²) in [4.78, 5) is 9.87. The second-order valence-corrected chi connectivity index (χ2v) is 6.91. The first-order valence-electron chi connectivity index (χ1n) is 8.80. The van der Waals surface area contributed by atoms with Crippen LogP contribution >= 0.6 is 11.6 Å². The number of aromatic nitrogens is 2. The lowest BCUT2D eigenvalue weighted by Crippen LogP contribution is -1.91. The summed E-state index contributed by atoms with van der Waals surface area (Å²) in [6.45, 7) is 0. The highest BCUT2D eigenvalue weighted by Crippen LogP contribution is 2.29. The number of nitrogens with zero attached hydrogens (tertiary/aromatic N) is 2. The van der Waals surface area contributed by atoms with Crippen molar-refractivity contribution in [1.29, 1.82) is 0 Å². The third kappa shape index (κ3) is 2.94. The molecule has 0 aliphatic heterocycles. The van der Waals surface area contributed by atoms with Crippen LogP contribution < -0.4 is 0 Å². The Labute approximate surface area is 162 Å². The quantitative estimate of drug-likeness (QED) is 0.322. The molecule has 2 aromatic heterocycles. The van der Waals surface area contributed by atoms with Crippen molar-refractivity contribution in [3.05, 3.63) is 96.0 Å². The predicted molar refractivity (Wildman–Crippen MR) is 113 cm³/mol. The number of rotatable bonds is 2. The number of fused-ring (bicyclic) bond motifs is 3. The summed E-state index contributed by atoms with van der Waals surface area (Å²) in [5.41, 5.74) is 5.76. The molecule has 0 saturated heterocycles. The van der Waals surface area contributed by atoms with E-state index in [0.717, 1.165) is 44.3 Å². The van der Waals surface area contributed by atoms with E-state index >= 15 is 0 Å². The highest BCUT2D eigenvalue weighted by molar-refractivity contribution is 6.30. The summed E-state index contributed by atoms with van der Waals surface area (Å²) >= 11 is 6.16. The summed E-state index contributed by atoms with van der Waals surface area (Å²) in [5.74, 6) is 0. The Morgan fingerprint density at radius 1 is 0.519 bits per heavy atom. The van der Waals surface area contributed by atoms with Crippen molar-refractivity contribution in [2.45, 2.75) is 0 Å². The first-order valence-corrected chi connectivity index (χ1v) is 9.18. The van der Waals surface area contributed by atoms with Gasteiger partial charge < -0.3 is 0 Å². The van der Waals surface area contributed by atoms with Gasteiger partial charge in [0, 0.05) is 26.9 Å². The molecule has 0 amide bonds. The molecule has 3 aromatic carbocycles. The summed E-state index contributed by atoms with van der Waals surface area (Å²) < 4.78 is 0. The minimum absolute atomic E-state index is 0.705. The molecule has 0 fully saturated rings. The number of halogens is 1. The maximum Gasteiger partial charge on any atom is 0.0972 e. The van der Waals surface area contributed by atoms with Crippen LogP contribution in [0.3, 0.4) is 0 Å². The lowest BCUT2D eigenvalue weighted by atomic mass is 10.1. The molecule has 0 aliphatic rings. The molecule has 128 valence electrons. The van der Waals surface area contributed by atoms with E-state index in [1.165, 1.54) is 0 Å². The van der Waals surface area contributed by atoms with E-state index in [2.05, 4.69) is 42.5 Å². The second kappa shape index (κ2) is 6.49. The van der Waals surface area contributed by atoms with Gasteiger partial charge >= 0.3 is 0 Å². The van der Waals surface area contributed by atoms with E-state index < -0.39 is 0 Å². The van der Waals surface area contributed by atoms with Gasteiger partial charge in [-0.15, -0.1) is 0 Å². The zero-order valence-electron chi connectivity index (χ0n) is 14.4. The minimum Gasteiger partial charge on any atom is -0.245 e. The van der Waals surface area contributed by atoms with Gasteiger partial charge in [0.15, 0.2) is 0 Å². The number of benzene rings is 3. The number of hydrogen-bond donors (Lipinski definition) is 0. The smallest absolute Gasteiger partial charge is 0.0972 e. The van der Waals surface area contributed by atoms with Gasteiger partial charge in [-0.1, -0.05) is 78.3 Å². The maximum absolute atomic E-state index is 6.16. The molecule has 27 heavy (non-hydrogen) atoms. The van der Waals surface area contributed by atoms with Crippen molar-refractivity contribution in [3.63, 3.8) is 0 Å². The average molecular weight is 367 g/mol. The van der Waals surface area contributed by atoms with E-state index in [4.69, 9.17) is 21.6 Å². The van der Waals surface area contributed by atoms with Crippen LogP contribution in [0.4, 0.5) is 0 Å². The Kier molecular flexibility index (Phi) is 3.84. The van der Waals surface area contributed by atoms with E-state index in [1.807, 2.05) is 48.5 Å². The molecule has 0 aliphatic carbocycles. The summed E-state index contributed by atoms with van der Waals surface area (Å²) in [6.07, 6.45) is 0. The van der Waals surface area contributed by atoms with E-state index in [-0.39, 0.29) is 0 Å². The second-order valence-electron chi connectivity index (χ2n) is 6.48. The molecular formula is C24H15ClN2. The van der Waals surface area contributed by atoms with Crippen LogP contribution in [0.5, 0.6) is 0 Å². The molecule has 0 bridgehead atoms. The highest BCUT2D eigenvalue weighted by atomic mass is 35.5. The van der Waals surface area contributed by atoms with Crippen LogP contribution in [0, 0.1) is 0 Å². The minimum atomic E-state index is 0.705. The topological polar surface area (TPSA) is 25.8 Å². The fourth-order valence-electron chi connectivity index (χ4n) is 3.35. The Hall–Kier alpha value is -3.23. The zero-order chi connectivity index (χ0) is 18.2. The van der Waals surface area contributed by atoms with Gasteiger partial charge in [0.25, 0.3) is 0 Å². The Balaban J connectivity index is 1.76. The first kappa shape index (κ1) is 16.0. The summed E-state index contributed by atoms with van der Waals surface area (Å²) in [7, 11) is 0. The van der Waals surface area contributed by atoms with Gasteiger partial charge in [0.2, 0.25) is 0 Å². The zero-order valence-corrected chi connectivity index (χ0v) is 15.2. The fraction of sp³-hybridized carbons (Fsp3) is 0. The normalized spacial score (nSPS) is 11.1. The molecule has 0 spiro atoms. The van der Waals surface area contributed by atoms with E-state index in [0.29, 0.717) is 5.02 Å². The Bertz CT molecular complexity index is 1280. The molecule has 2 nitrogen and oxygen atoms in total. The molecule has 0 atom stereocenters. The van der Waals surface area contributed by atoms with Gasteiger partial charge in [-0.05, 0) is 24.3 Å². The van der Waals surface area contributed by atoms with Crippen molar-refractivity contribution in [1.82, 2.24) is 9.97 Å². The highest BCUT2D eigenvalue weighted by Gasteiger charge is 2.08. The predicted octanol–water partition coefficient (Wildman–Crippen LogP) is 6.77. The Morgan fingerprint density at radius 2 is 1.07 bits per heavy atom. The van der Waals surface area contributed by atoms with Crippen molar-refractivity contribution < 1.29 is 0 Å². The molecule has 3 heteroatoms. The largest absolute Gasteiger partial charge is 0.245 e. The average Bonchev–Trinajstić information content (AvgIpc) is 2.73. The third-order valence-electron chi connectivity index (χ3n) is 4.71. The summed E-state index contributed by atoms with van der Waals surface area (Å²) in [5, 5.41) is 2.86. The van der Waals surface area contributed by atoms with Crippen LogP contribution in [-0.2, 0) is 0 Å². The van der Waals surface area contributed by atoms with Gasteiger partial charge in [0.1, 0.15) is 0 Å². The molecule has 0 unspecified atom stereocenters. The first-order chi connectivity index (χ1) is 13.3. The third-order valence-corrected chi connectivity index (χ3v) is 4.94. The van der Waals surface area contributed by atoms with Gasteiger partial charge in [-0.3, -0.25) is 0 Å². The van der Waals surface area contributed by atoms with Crippen molar-refractivity contribution in [3.8, 4) is 22.5 Å². The van der Waals surface area contributed by atoms with Crippen LogP contribution in [-0.4, -0.2) is 9.97 Å². The van der Waals surface area contributed by atoms with E-state index in [9.17, 15) is 0 Å². The lowest BCUT2D eigenvalue weighted by Gasteiger charge is -2.08. The monoisotopic (exact) mass is 366 g/mol. The van der Waals surface area contributed by atoms with Crippen LogP contribution in [0.1, 0.15) is 0 Å². The van der Waals surface area contributed by atoms with Gasteiger partial charge in [-0.25, -0.2) is 9.97 Å². The van der Waals surface area contributed by atoms with Crippen LogP contribution in [0.2, 0.25) is 5.02 Å². The molecule has 0 radical (unpaired) electrons. The number of hydrogen-bond acceptors (Lipinski definition) is 2. The van der Waals surface area contributed by atoms with Gasteiger partial charge in [-0.2, -0.15) is 0 Å². The number of pyridine rings is 2. The molecule has 0 N–H and O–H groups in total. The van der Waals surface area contributed by atoms with Crippen LogP contribution in [0.25, 0.3) is 44.3 Å². The maximum atomic E-state index is 6.16. The molecule has 5 rings (SSSR count). The van der Waals surface area contributed by atoms with E-state index in [1.54, 1.807) is 0 Å². The molecule has 2 heterocycles. The van der Waals surface area contributed by atoms with Crippen LogP contribution in [0.15, 0.2) is 91.0 Å². The van der Waals surface area contributed by atoms with Crippen molar-refractivity contribution in [2.24, 2.45) is 0 Å². The fourth-order valence-corrected chi connectivity index (χ4v) is 3.54. The SMILES string of the molecule is Clc1cccc(-c2ccc3ccc4ccc(-c5ccccc5)nc4c3n2)c1. The van der Waals surface area contributed by atoms with Crippen molar-refractivity contribution in [2.75, 3.05) is 0 Å². The summed E-state index contributed by atoms with van der Waals surface area (Å²) in [6, 6.07) is 30.5. The molecular weight excluding hydrogens is 352 g/mol. The molecule has 5 aromatic rings. The lowest BCUT2D eigenvalue weighted by molar-refractivity contribution is 1.36. The Morgan fingerprint density at radius 3 is 1.70 bits per heavy atom. The molecule has 0 saturated carbocycles. The van der Waals surface area contributed by atoms with Gasteiger partial charge in [0.05, 0.1) is 22.4 Å².